The van der Waals surface area contributed by atoms with Gasteiger partial charge in [-0.3, -0.25) is 0 Å². The second-order valence-corrected chi connectivity index (χ2v) is 7.20. The van der Waals surface area contributed by atoms with E-state index in [9.17, 15) is 4.79 Å². The molecule has 0 bridgehead atoms. The van der Waals surface area contributed by atoms with Crippen LogP contribution in [-0.4, -0.2) is 53.7 Å². The maximum Gasteiger partial charge on any atom is 0.410 e. The summed E-state index contributed by atoms with van der Waals surface area (Å²) in [5.41, 5.74) is 7.74. The number of nitrogens with one attached hydrogen (secondary N) is 1. The van der Waals surface area contributed by atoms with Crippen LogP contribution >= 0.6 is 0 Å². The molecule has 0 saturated carbocycles. The zero-order valence-corrected chi connectivity index (χ0v) is 15.9. The van der Waals surface area contributed by atoms with Crippen molar-refractivity contribution in [2.75, 3.05) is 37.6 Å². The number of H-pyrrole nitrogens is 1. The van der Waals surface area contributed by atoms with E-state index in [1.807, 2.05) is 12.1 Å². The van der Waals surface area contributed by atoms with E-state index in [2.05, 4.69) is 35.6 Å². The first-order valence-corrected chi connectivity index (χ1v) is 9.46. The van der Waals surface area contributed by atoms with Crippen molar-refractivity contribution in [1.29, 1.82) is 0 Å². The molecule has 3 N–H and O–H groups in total. The normalized spacial score (nSPS) is 16.2. The molecule has 1 amide bonds. The Bertz CT molecular complexity index is 771. The molecule has 3 rings (SSSR count). The van der Waals surface area contributed by atoms with Crippen molar-refractivity contribution < 1.29 is 9.53 Å². The maximum atomic E-state index is 11.4. The van der Waals surface area contributed by atoms with E-state index >= 15 is 0 Å². The van der Waals surface area contributed by atoms with Crippen LogP contribution in [0.3, 0.4) is 0 Å². The van der Waals surface area contributed by atoms with Crippen LogP contribution in [0.4, 0.5) is 10.7 Å². The number of aromatic nitrogens is 2. The van der Waals surface area contributed by atoms with Crippen molar-refractivity contribution in [2.45, 2.75) is 39.5 Å². The van der Waals surface area contributed by atoms with Crippen molar-refractivity contribution in [3.05, 3.63) is 17.7 Å². The average Bonchev–Trinajstić information content (AvgIpc) is 2.88. The molecule has 1 aromatic heterocycles. The number of primary amides is 1. The number of nitrogens with zero attached hydrogens (tertiary/aromatic N) is 3. The number of benzene rings is 1. The highest BCUT2D eigenvalue weighted by atomic mass is 16.5. The SMILES string of the molecule is CCCN1CCCN(c2nc3c(OC(N)=O)c(C(C)C)ccc3[nH]2)CC1. The standard InChI is InChI=1S/C19H29N5O2/c1-4-8-23-9-5-10-24(12-11-23)19-21-15-7-6-14(13(2)3)17(16(15)22-19)26-18(20)25/h6-7,13H,4-5,8-12H2,1-3H3,(H2,20,25)(H,21,22). The second kappa shape index (κ2) is 7.95. The molecule has 1 aromatic carbocycles. The minimum absolute atomic E-state index is 0.203. The Morgan fingerprint density at radius 1 is 1.31 bits per heavy atom. The van der Waals surface area contributed by atoms with E-state index in [1.165, 1.54) is 6.42 Å². The molecule has 2 aromatic rings. The number of imidazole rings is 1. The van der Waals surface area contributed by atoms with Crippen molar-refractivity contribution in [2.24, 2.45) is 5.73 Å². The molecule has 1 aliphatic rings. The van der Waals surface area contributed by atoms with Gasteiger partial charge in [0, 0.05) is 19.6 Å². The Morgan fingerprint density at radius 3 is 2.81 bits per heavy atom. The smallest absolute Gasteiger partial charge is 0.408 e. The molecule has 26 heavy (non-hydrogen) atoms. The molecule has 0 aliphatic carbocycles. The van der Waals surface area contributed by atoms with Crippen molar-refractivity contribution in [1.82, 2.24) is 14.9 Å². The van der Waals surface area contributed by atoms with Crippen LogP contribution in [0, 0.1) is 0 Å². The molecule has 142 valence electrons. The quantitative estimate of drug-likeness (QED) is 0.857. The number of carbonyl (C=O) groups excluding carboxylic acids is 1. The number of hydrogen-bond acceptors (Lipinski definition) is 5. The number of carbonyl (C=O) groups is 1. The van der Waals surface area contributed by atoms with Gasteiger partial charge in [-0.05, 0) is 43.5 Å². The molecule has 1 aliphatic heterocycles. The highest BCUT2D eigenvalue weighted by Gasteiger charge is 2.21. The van der Waals surface area contributed by atoms with Gasteiger partial charge in [0.2, 0.25) is 5.95 Å². The third-order valence-electron chi connectivity index (χ3n) is 4.88. The summed E-state index contributed by atoms with van der Waals surface area (Å²) in [4.78, 5) is 24.3. The highest BCUT2D eigenvalue weighted by Crippen LogP contribution is 2.34. The van der Waals surface area contributed by atoms with E-state index in [0.717, 1.165) is 56.2 Å². The summed E-state index contributed by atoms with van der Waals surface area (Å²) in [5.74, 6) is 1.50. The van der Waals surface area contributed by atoms with Gasteiger partial charge in [-0.15, -0.1) is 0 Å². The molecule has 1 fully saturated rings. The molecule has 0 radical (unpaired) electrons. The zero-order valence-electron chi connectivity index (χ0n) is 15.9. The van der Waals surface area contributed by atoms with Gasteiger partial charge in [-0.2, -0.15) is 0 Å². The van der Waals surface area contributed by atoms with Crippen molar-refractivity contribution in [3.8, 4) is 5.75 Å². The van der Waals surface area contributed by atoms with Gasteiger partial charge in [-0.1, -0.05) is 26.8 Å². The first-order valence-electron chi connectivity index (χ1n) is 9.46. The number of hydrogen-bond donors (Lipinski definition) is 2. The number of nitrogens with two attached hydrogens (primary N) is 1. The fourth-order valence-electron chi connectivity index (χ4n) is 3.59. The van der Waals surface area contributed by atoms with Gasteiger partial charge in [0.05, 0.1) is 5.52 Å². The predicted molar refractivity (Wildman–Crippen MR) is 104 cm³/mol. The summed E-state index contributed by atoms with van der Waals surface area (Å²) in [5, 5.41) is 0. The van der Waals surface area contributed by atoms with Crippen molar-refractivity contribution in [3.63, 3.8) is 0 Å². The first-order chi connectivity index (χ1) is 12.5. The summed E-state index contributed by atoms with van der Waals surface area (Å²) in [6.07, 6.45) is 1.48. The van der Waals surface area contributed by atoms with Crippen molar-refractivity contribution >= 4 is 23.1 Å². The third-order valence-corrected chi connectivity index (χ3v) is 4.88. The fourth-order valence-corrected chi connectivity index (χ4v) is 3.59. The summed E-state index contributed by atoms with van der Waals surface area (Å²) >= 11 is 0. The topological polar surface area (TPSA) is 87.5 Å². The lowest BCUT2D eigenvalue weighted by Crippen LogP contribution is -2.31. The van der Waals surface area contributed by atoms with Crippen LogP contribution in [0.1, 0.15) is 45.1 Å². The van der Waals surface area contributed by atoms with Crippen LogP contribution in [0.15, 0.2) is 12.1 Å². The second-order valence-electron chi connectivity index (χ2n) is 7.20. The third kappa shape index (κ3) is 3.93. The molecule has 7 heteroatoms. The maximum absolute atomic E-state index is 11.4. The van der Waals surface area contributed by atoms with Crippen LogP contribution < -0.4 is 15.4 Å². The Labute approximate surface area is 154 Å². The molecule has 0 atom stereocenters. The lowest BCUT2D eigenvalue weighted by Gasteiger charge is -2.20. The largest absolute Gasteiger partial charge is 0.410 e. The molecule has 7 nitrogen and oxygen atoms in total. The Morgan fingerprint density at radius 2 is 2.12 bits per heavy atom. The van der Waals surface area contributed by atoms with E-state index in [1.54, 1.807) is 0 Å². The molecule has 0 spiro atoms. The van der Waals surface area contributed by atoms with Gasteiger partial charge in [0.15, 0.2) is 5.75 Å². The summed E-state index contributed by atoms with van der Waals surface area (Å²) in [6, 6.07) is 3.97. The minimum atomic E-state index is -0.811. The van der Waals surface area contributed by atoms with Gasteiger partial charge in [0.25, 0.3) is 0 Å². The molecular weight excluding hydrogens is 330 g/mol. The molecule has 1 saturated heterocycles. The number of fused-ring (bicyclic) bond motifs is 1. The predicted octanol–water partition coefficient (Wildman–Crippen LogP) is 3.07. The van der Waals surface area contributed by atoms with Crippen LogP contribution in [0.25, 0.3) is 11.0 Å². The summed E-state index contributed by atoms with van der Waals surface area (Å²) < 4.78 is 5.32. The average molecular weight is 359 g/mol. The lowest BCUT2D eigenvalue weighted by molar-refractivity contribution is 0.211. The van der Waals surface area contributed by atoms with Crippen LogP contribution in [0.5, 0.6) is 5.75 Å². The fraction of sp³-hybridized carbons (Fsp3) is 0.579. The molecule has 0 unspecified atom stereocenters. The Kier molecular flexibility index (Phi) is 5.66. The monoisotopic (exact) mass is 359 g/mol. The van der Waals surface area contributed by atoms with E-state index in [-0.39, 0.29) is 5.92 Å². The number of rotatable bonds is 5. The number of aromatic amines is 1. The number of ether oxygens (including phenoxy) is 1. The first kappa shape index (κ1) is 18.5. The van der Waals surface area contributed by atoms with Gasteiger partial charge >= 0.3 is 6.09 Å². The Hall–Kier alpha value is -2.28. The minimum Gasteiger partial charge on any atom is -0.408 e. The van der Waals surface area contributed by atoms with Gasteiger partial charge < -0.3 is 25.3 Å². The van der Waals surface area contributed by atoms with Gasteiger partial charge in [0.1, 0.15) is 5.52 Å². The molecule has 2 heterocycles. The lowest BCUT2D eigenvalue weighted by atomic mass is 10.0. The number of anilines is 1. The van der Waals surface area contributed by atoms with Crippen LogP contribution in [-0.2, 0) is 0 Å². The van der Waals surface area contributed by atoms with E-state index in [4.69, 9.17) is 15.5 Å². The number of amides is 1. The zero-order chi connectivity index (χ0) is 18.7. The van der Waals surface area contributed by atoms with E-state index < -0.39 is 6.09 Å². The highest BCUT2D eigenvalue weighted by molar-refractivity contribution is 5.88. The van der Waals surface area contributed by atoms with Gasteiger partial charge in [-0.25, -0.2) is 9.78 Å². The summed E-state index contributed by atoms with van der Waals surface area (Å²) in [7, 11) is 0. The summed E-state index contributed by atoms with van der Waals surface area (Å²) in [6.45, 7) is 11.5. The molecular formula is C19H29N5O2. The van der Waals surface area contributed by atoms with Crippen LogP contribution in [0.2, 0.25) is 0 Å². The van der Waals surface area contributed by atoms with E-state index in [0.29, 0.717) is 11.3 Å². The Balaban J connectivity index is 1.92.